The van der Waals surface area contributed by atoms with Crippen molar-refractivity contribution in [2.24, 2.45) is 0 Å². The Morgan fingerprint density at radius 2 is 0.971 bits per heavy atom. The maximum Gasteiger partial charge on any atom is 0.0189 e. The van der Waals surface area contributed by atoms with E-state index in [1.165, 1.54) is 22.9 Å². The Balaban J connectivity index is 0.000000297. The first-order valence-corrected chi connectivity index (χ1v) is 10.7. The van der Waals surface area contributed by atoms with Gasteiger partial charge in [0.15, 0.2) is 0 Å². The van der Waals surface area contributed by atoms with Gasteiger partial charge in [-0.2, -0.15) is 0 Å². The summed E-state index contributed by atoms with van der Waals surface area (Å²) in [6, 6.07) is 38.7. The van der Waals surface area contributed by atoms with Crippen molar-refractivity contribution in [1.82, 2.24) is 9.97 Å². The Labute approximate surface area is 213 Å². The molecule has 4 heteroatoms. The molecule has 3 nitrogen and oxygen atoms in total. The van der Waals surface area contributed by atoms with Crippen LogP contribution in [0.2, 0.25) is 0 Å². The Morgan fingerprint density at radius 3 is 1.44 bits per heavy atom. The summed E-state index contributed by atoms with van der Waals surface area (Å²) in [5, 5.41) is 14.9. The summed E-state index contributed by atoms with van der Waals surface area (Å²) in [4.78, 5) is 9.25. The van der Waals surface area contributed by atoms with Gasteiger partial charge in [-0.25, -0.2) is 0 Å². The van der Waals surface area contributed by atoms with E-state index in [1.54, 1.807) is 12.1 Å². The van der Waals surface area contributed by atoms with Gasteiger partial charge in [-0.05, 0) is 33.7 Å². The molecule has 0 aliphatic heterocycles. The number of hydrogen-bond acceptors (Lipinski definition) is 3. The van der Waals surface area contributed by atoms with Crippen LogP contribution in [0.25, 0.3) is 44.1 Å². The second kappa shape index (κ2) is 10.9. The van der Waals surface area contributed by atoms with Gasteiger partial charge in [-0.1, -0.05) is 90.0 Å². The van der Waals surface area contributed by atoms with E-state index < -0.39 is 0 Å². The van der Waals surface area contributed by atoms with Crippen LogP contribution in [0.15, 0.2) is 122 Å². The molecule has 0 radical (unpaired) electrons. The molecule has 34 heavy (non-hydrogen) atoms. The van der Waals surface area contributed by atoms with Crippen molar-refractivity contribution in [3.05, 3.63) is 128 Å². The molecule has 0 aliphatic rings. The quantitative estimate of drug-likeness (QED) is 0.204. The molecule has 0 bridgehead atoms. The molecule has 6 rings (SSSR count). The van der Waals surface area contributed by atoms with Crippen molar-refractivity contribution in [2.75, 3.05) is 0 Å². The number of nitrogens with zero attached hydrogens (tertiary/aromatic N) is 2. The van der Waals surface area contributed by atoms with Gasteiger partial charge in [0, 0.05) is 44.8 Å². The molecule has 2 heterocycles. The molecule has 0 fully saturated rings. The summed E-state index contributed by atoms with van der Waals surface area (Å²) in [5.41, 5.74) is 3.86. The molecule has 4 aromatic carbocycles. The zero-order valence-electron chi connectivity index (χ0n) is 18.2. The number of hydrogen-bond donors (Lipinski definition) is 0. The molecule has 0 saturated carbocycles. The first-order valence-electron chi connectivity index (χ1n) is 10.7. The Bertz CT molecular complexity index is 1430. The Hall–Kier alpha value is -3.81. The summed E-state index contributed by atoms with van der Waals surface area (Å²) < 4.78 is 0. The van der Waals surface area contributed by atoms with Crippen molar-refractivity contribution in [1.29, 1.82) is 0 Å². The number of pyridine rings is 2. The molecular weight excluding hydrogens is 599 g/mol. The first-order chi connectivity index (χ1) is 16.3. The van der Waals surface area contributed by atoms with Gasteiger partial charge in [0.25, 0.3) is 0 Å². The summed E-state index contributed by atoms with van der Waals surface area (Å²) in [6.45, 7) is 0. The van der Waals surface area contributed by atoms with Gasteiger partial charge in [0.2, 0.25) is 0 Å². The molecule has 0 atom stereocenters. The van der Waals surface area contributed by atoms with E-state index in [-0.39, 0.29) is 26.8 Å². The number of rotatable bonds is 2. The fourth-order valence-electron chi connectivity index (χ4n) is 3.83. The molecule has 0 N–H and O–H groups in total. The zero-order chi connectivity index (χ0) is 22.5. The minimum absolute atomic E-state index is 0. The SMILES string of the molecule is [O-]c1ccccc1.[Pt].[c-]1c(-c2nccc3ccccc23)cccc1-c1nccc2ccccc12. The fourth-order valence-corrected chi connectivity index (χ4v) is 3.83. The van der Waals surface area contributed by atoms with E-state index in [0.29, 0.717) is 0 Å². The van der Waals surface area contributed by atoms with Gasteiger partial charge in [0.05, 0.1) is 0 Å². The number of fused-ring (bicyclic) bond motifs is 2. The van der Waals surface area contributed by atoms with Crippen LogP contribution in [-0.2, 0) is 21.1 Å². The monoisotopic (exact) mass is 619 g/mol. The minimum atomic E-state index is 0. The van der Waals surface area contributed by atoms with Crippen LogP contribution >= 0.6 is 0 Å². The number of para-hydroxylation sites is 1. The second-order valence-corrected chi connectivity index (χ2v) is 7.55. The normalized spacial score (nSPS) is 10.2. The number of benzene rings is 4. The third-order valence-electron chi connectivity index (χ3n) is 5.40. The van der Waals surface area contributed by atoms with E-state index in [0.717, 1.165) is 33.3 Å². The predicted molar refractivity (Wildman–Crippen MR) is 133 cm³/mol. The van der Waals surface area contributed by atoms with Crippen LogP contribution in [0.1, 0.15) is 0 Å². The van der Waals surface area contributed by atoms with E-state index in [2.05, 4.69) is 52.4 Å². The van der Waals surface area contributed by atoms with Crippen molar-refractivity contribution in [3.63, 3.8) is 0 Å². The van der Waals surface area contributed by atoms with Crippen LogP contribution in [0.4, 0.5) is 0 Å². The Morgan fingerprint density at radius 1 is 0.500 bits per heavy atom. The van der Waals surface area contributed by atoms with Gasteiger partial charge in [0.1, 0.15) is 0 Å². The van der Waals surface area contributed by atoms with Crippen LogP contribution in [0.3, 0.4) is 0 Å². The van der Waals surface area contributed by atoms with Gasteiger partial charge in [-0.15, -0.1) is 30.0 Å². The predicted octanol–water partition coefficient (Wildman–Crippen LogP) is 6.67. The van der Waals surface area contributed by atoms with Crippen molar-refractivity contribution >= 4 is 21.5 Å². The topological polar surface area (TPSA) is 48.8 Å². The number of aromatic nitrogens is 2. The summed E-state index contributed by atoms with van der Waals surface area (Å²) in [7, 11) is 0. The van der Waals surface area contributed by atoms with Crippen LogP contribution in [0, 0.1) is 6.07 Å². The molecule has 2 aromatic heterocycles. The van der Waals surface area contributed by atoms with E-state index in [9.17, 15) is 5.11 Å². The molecule has 0 saturated heterocycles. The fraction of sp³-hybridized carbons (Fsp3) is 0. The second-order valence-electron chi connectivity index (χ2n) is 7.55. The van der Waals surface area contributed by atoms with E-state index in [1.807, 2.05) is 60.9 Å². The average Bonchev–Trinajstić information content (AvgIpc) is 2.89. The summed E-state index contributed by atoms with van der Waals surface area (Å²) in [5.74, 6) is 0.0718. The Kier molecular flexibility index (Phi) is 7.47. The van der Waals surface area contributed by atoms with Crippen molar-refractivity contribution < 1.29 is 26.2 Å². The van der Waals surface area contributed by atoms with Gasteiger partial charge in [-0.3, -0.25) is 9.97 Å². The minimum Gasteiger partial charge on any atom is -0.872 e. The molecule has 168 valence electrons. The maximum atomic E-state index is 10.3. The smallest absolute Gasteiger partial charge is 0.0189 e. The molecule has 6 aromatic rings. The third-order valence-corrected chi connectivity index (χ3v) is 5.40. The standard InChI is InChI=1S/C24H15N2.C6H6O.Pt/c1-3-10-21-17(6-1)12-14-25-23(21)19-8-5-9-20(16-19)24-22-11-4-2-7-18(22)13-15-26-24;7-6-4-2-1-3-5-6;/h1-15H;1-5,7H;/q-1;;/p-1. The van der Waals surface area contributed by atoms with E-state index >= 15 is 0 Å². The average molecular weight is 620 g/mol. The first kappa shape index (κ1) is 23.3. The van der Waals surface area contributed by atoms with E-state index in [4.69, 9.17) is 0 Å². The van der Waals surface area contributed by atoms with Gasteiger partial charge >= 0.3 is 0 Å². The summed E-state index contributed by atoms with van der Waals surface area (Å²) in [6.07, 6.45) is 3.71. The molecule has 0 unspecified atom stereocenters. The maximum absolute atomic E-state index is 10.3. The third kappa shape index (κ3) is 5.06. The van der Waals surface area contributed by atoms with Crippen molar-refractivity contribution in [2.45, 2.75) is 0 Å². The summed E-state index contributed by atoms with van der Waals surface area (Å²) >= 11 is 0. The van der Waals surface area contributed by atoms with Crippen molar-refractivity contribution in [3.8, 4) is 28.3 Å². The molecular formula is C30H20N2OPt-2. The van der Waals surface area contributed by atoms with Crippen LogP contribution in [-0.4, -0.2) is 9.97 Å². The molecule has 0 aliphatic carbocycles. The molecule has 0 spiro atoms. The van der Waals surface area contributed by atoms with Crippen LogP contribution < -0.4 is 5.11 Å². The largest absolute Gasteiger partial charge is 0.872 e. The van der Waals surface area contributed by atoms with Crippen LogP contribution in [0.5, 0.6) is 5.75 Å². The van der Waals surface area contributed by atoms with Gasteiger partial charge < -0.3 is 5.11 Å². The zero-order valence-corrected chi connectivity index (χ0v) is 20.4. The molecule has 0 amide bonds.